The largest absolute Gasteiger partial charge is 0.466 e. The molecule has 2 unspecified atom stereocenters. The molecule has 0 aliphatic carbocycles. The lowest BCUT2D eigenvalue weighted by Crippen LogP contribution is -2.45. The van der Waals surface area contributed by atoms with E-state index in [1.165, 1.54) is 199 Å². The molecule has 0 bridgehead atoms. The number of carbonyl (C=O) groups excluding carboxylic acids is 2. The summed E-state index contributed by atoms with van der Waals surface area (Å²) in [6.07, 6.45) is 76.8. The van der Waals surface area contributed by atoms with Gasteiger partial charge in [-0.15, -0.1) is 0 Å². The Kier molecular flexibility index (Phi) is 57.1. The molecular weight excluding hydrogens is 863 g/mol. The first-order valence-electron chi connectivity index (χ1n) is 30.6. The number of allylic oxidation sites excluding steroid dienone is 9. The van der Waals surface area contributed by atoms with Crippen molar-refractivity contribution in [2.75, 3.05) is 13.2 Å². The average molecular weight is 981 g/mol. The van der Waals surface area contributed by atoms with Gasteiger partial charge in [-0.3, -0.25) is 9.59 Å². The molecule has 0 aromatic carbocycles. The monoisotopic (exact) mass is 980 g/mol. The number of aliphatic hydroxyl groups is 2. The summed E-state index contributed by atoms with van der Waals surface area (Å²) in [5.41, 5.74) is 0. The third-order valence-corrected chi connectivity index (χ3v) is 13.8. The zero-order chi connectivity index (χ0) is 50.7. The fraction of sp³-hybridized carbons (Fsp3) is 0.812. The van der Waals surface area contributed by atoms with Crippen LogP contribution in [0.25, 0.3) is 0 Å². The minimum absolute atomic E-state index is 0.0220. The van der Waals surface area contributed by atoms with Crippen LogP contribution >= 0.6 is 0 Å². The molecule has 0 aromatic heterocycles. The summed E-state index contributed by atoms with van der Waals surface area (Å²) in [6.45, 7) is 4.85. The highest BCUT2D eigenvalue weighted by atomic mass is 16.5. The Hall–Kier alpha value is -2.44. The van der Waals surface area contributed by atoms with Crippen molar-refractivity contribution in [3.63, 3.8) is 0 Å². The van der Waals surface area contributed by atoms with Crippen LogP contribution in [0.15, 0.2) is 60.8 Å². The Morgan fingerprint density at radius 2 is 0.757 bits per heavy atom. The number of nitrogens with one attached hydrogen (secondary N) is 1. The number of unbranched alkanes of at least 4 members (excludes halogenated alkanes) is 38. The molecule has 0 fully saturated rings. The number of hydrogen-bond acceptors (Lipinski definition) is 5. The Bertz CT molecular complexity index is 1220. The molecule has 0 saturated carbocycles. The van der Waals surface area contributed by atoms with Crippen LogP contribution in [0.5, 0.6) is 0 Å². The molecule has 0 aliphatic rings. The zero-order valence-electron chi connectivity index (χ0n) is 46.5. The first kappa shape index (κ1) is 67.6. The van der Waals surface area contributed by atoms with Gasteiger partial charge >= 0.3 is 5.97 Å². The predicted molar refractivity (Wildman–Crippen MR) is 305 cm³/mol. The van der Waals surface area contributed by atoms with E-state index < -0.39 is 12.1 Å². The SMILES string of the molecule is CCCCCC/C=C\C/C=C\CCCCCCCCCC(=O)OCCCCC/C=C\C=C/CCCCCCCCCCCCC(=O)NC(CO)C(O)/C=C/CCCCCCCCCCCCCCCC. The molecular formula is C64H117NO5. The van der Waals surface area contributed by atoms with Crippen LogP contribution in [0.4, 0.5) is 0 Å². The van der Waals surface area contributed by atoms with E-state index >= 15 is 0 Å². The highest BCUT2D eigenvalue weighted by Crippen LogP contribution is 2.16. The summed E-state index contributed by atoms with van der Waals surface area (Å²) >= 11 is 0. The molecule has 6 heteroatoms. The van der Waals surface area contributed by atoms with Crippen molar-refractivity contribution in [1.29, 1.82) is 0 Å². The fourth-order valence-electron chi connectivity index (χ4n) is 9.07. The quantitative estimate of drug-likeness (QED) is 0.0244. The number of rotatable bonds is 56. The lowest BCUT2D eigenvalue weighted by atomic mass is 10.0. The highest BCUT2D eigenvalue weighted by Gasteiger charge is 2.18. The van der Waals surface area contributed by atoms with E-state index in [2.05, 4.69) is 67.8 Å². The molecule has 0 rings (SSSR count). The number of amides is 1. The maximum absolute atomic E-state index is 12.5. The van der Waals surface area contributed by atoms with E-state index in [9.17, 15) is 19.8 Å². The molecule has 0 aliphatic heterocycles. The van der Waals surface area contributed by atoms with Gasteiger partial charge in [-0.1, -0.05) is 261 Å². The predicted octanol–water partition coefficient (Wildman–Crippen LogP) is 19.1. The van der Waals surface area contributed by atoms with Gasteiger partial charge in [-0.05, 0) is 96.3 Å². The Morgan fingerprint density at radius 3 is 1.19 bits per heavy atom. The van der Waals surface area contributed by atoms with Gasteiger partial charge in [0.1, 0.15) is 0 Å². The molecule has 6 nitrogen and oxygen atoms in total. The molecule has 0 spiro atoms. The van der Waals surface area contributed by atoms with E-state index in [0.29, 0.717) is 19.4 Å². The zero-order valence-corrected chi connectivity index (χ0v) is 46.5. The maximum Gasteiger partial charge on any atom is 0.305 e. The lowest BCUT2D eigenvalue weighted by molar-refractivity contribution is -0.143. The normalized spacial score (nSPS) is 13.0. The van der Waals surface area contributed by atoms with E-state index in [4.69, 9.17) is 4.74 Å². The first-order chi connectivity index (χ1) is 34.5. The van der Waals surface area contributed by atoms with Crippen LogP contribution in [0.2, 0.25) is 0 Å². The molecule has 70 heavy (non-hydrogen) atoms. The summed E-state index contributed by atoms with van der Waals surface area (Å²) in [4.78, 5) is 24.5. The topological polar surface area (TPSA) is 95.9 Å². The van der Waals surface area contributed by atoms with Crippen LogP contribution in [-0.4, -0.2) is 47.4 Å². The van der Waals surface area contributed by atoms with E-state index in [-0.39, 0.29) is 18.5 Å². The second kappa shape index (κ2) is 59.1. The Labute approximate surface area is 435 Å². The van der Waals surface area contributed by atoms with Crippen molar-refractivity contribution in [2.45, 2.75) is 321 Å². The molecule has 0 aromatic rings. The van der Waals surface area contributed by atoms with Gasteiger partial charge in [0, 0.05) is 12.8 Å². The third kappa shape index (κ3) is 54.9. The summed E-state index contributed by atoms with van der Waals surface area (Å²) in [5.74, 6) is -0.0999. The van der Waals surface area contributed by atoms with Crippen molar-refractivity contribution in [3.8, 4) is 0 Å². The van der Waals surface area contributed by atoms with Crippen molar-refractivity contribution in [1.82, 2.24) is 5.32 Å². The molecule has 1 amide bonds. The third-order valence-electron chi connectivity index (χ3n) is 13.8. The summed E-state index contributed by atoms with van der Waals surface area (Å²) in [6, 6.07) is -0.637. The number of ether oxygens (including phenoxy) is 1. The van der Waals surface area contributed by atoms with Crippen LogP contribution < -0.4 is 5.32 Å². The minimum Gasteiger partial charge on any atom is -0.466 e. The summed E-state index contributed by atoms with van der Waals surface area (Å²) in [5, 5.41) is 23.1. The van der Waals surface area contributed by atoms with Crippen molar-refractivity contribution < 1.29 is 24.5 Å². The molecule has 408 valence electrons. The number of esters is 1. The van der Waals surface area contributed by atoms with Crippen molar-refractivity contribution in [3.05, 3.63) is 60.8 Å². The average Bonchev–Trinajstić information content (AvgIpc) is 3.36. The highest BCUT2D eigenvalue weighted by molar-refractivity contribution is 5.76. The lowest BCUT2D eigenvalue weighted by Gasteiger charge is -2.20. The smallest absolute Gasteiger partial charge is 0.305 e. The summed E-state index contributed by atoms with van der Waals surface area (Å²) < 4.78 is 5.46. The van der Waals surface area contributed by atoms with Gasteiger partial charge in [-0.2, -0.15) is 0 Å². The number of hydrogen-bond donors (Lipinski definition) is 3. The first-order valence-corrected chi connectivity index (χ1v) is 30.6. The van der Waals surface area contributed by atoms with Gasteiger partial charge in [-0.25, -0.2) is 0 Å². The van der Waals surface area contributed by atoms with E-state index in [1.54, 1.807) is 6.08 Å². The minimum atomic E-state index is -0.853. The number of aliphatic hydroxyl groups excluding tert-OH is 2. The second-order valence-electron chi connectivity index (χ2n) is 20.7. The Balaban J connectivity index is 3.51. The van der Waals surface area contributed by atoms with Gasteiger partial charge in [0.25, 0.3) is 0 Å². The number of carbonyl (C=O) groups is 2. The fourth-order valence-corrected chi connectivity index (χ4v) is 9.07. The molecule has 3 N–H and O–H groups in total. The van der Waals surface area contributed by atoms with E-state index in [0.717, 1.165) is 83.5 Å². The standard InChI is InChI=1S/C64H117NO5/c1-3-5-7-9-11-13-15-17-19-21-26-30-34-38-42-46-50-54-58-64(69)70-59-55-51-47-43-39-35-31-27-24-22-23-25-29-33-37-41-45-49-53-57-63(68)65-61(60-66)62(67)56-52-48-44-40-36-32-28-20-18-16-14-12-10-8-6-4-2/h13,15,19,21,27,31,35,39,52,56,61-62,66-67H,3-12,14,16-18,20,22-26,28-30,32-34,36-38,40-51,53-55,57-60H2,1-2H3,(H,65,68)/b15-13-,21-19-,31-27-,39-35-,56-52+. The van der Waals surface area contributed by atoms with Crippen LogP contribution in [-0.2, 0) is 14.3 Å². The van der Waals surface area contributed by atoms with Crippen LogP contribution in [0.1, 0.15) is 309 Å². The van der Waals surface area contributed by atoms with Gasteiger partial charge in [0.15, 0.2) is 0 Å². The van der Waals surface area contributed by atoms with Crippen molar-refractivity contribution >= 4 is 11.9 Å². The van der Waals surface area contributed by atoms with Crippen LogP contribution in [0, 0.1) is 0 Å². The van der Waals surface area contributed by atoms with Crippen molar-refractivity contribution in [2.24, 2.45) is 0 Å². The Morgan fingerprint density at radius 1 is 0.414 bits per heavy atom. The maximum atomic E-state index is 12.5. The van der Waals surface area contributed by atoms with Gasteiger partial charge < -0.3 is 20.3 Å². The summed E-state index contributed by atoms with van der Waals surface area (Å²) in [7, 11) is 0. The molecule has 0 heterocycles. The van der Waals surface area contributed by atoms with Gasteiger partial charge in [0.2, 0.25) is 5.91 Å². The molecule has 2 atom stereocenters. The molecule has 0 saturated heterocycles. The van der Waals surface area contributed by atoms with Gasteiger partial charge in [0.05, 0.1) is 25.4 Å². The molecule has 0 radical (unpaired) electrons. The van der Waals surface area contributed by atoms with E-state index in [1.807, 2.05) is 6.08 Å². The second-order valence-corrected chi connectivity index (χ2v) is 20.7. The van der Waals surface area contributed by atoms with Crippen LogP contribution in [0.3, 0.4) is 0 Å².